The molecule has 1 aromatic heterocycles. The van der Waals surface area contributed by atoms with E-state index in [0.29, 0.717) is 21.2 Å². The molecule has 0 saturated heterocycles. The van der Waals surface area contributed by atoms with Crippen LogP contribution in [0.3, 0.4) is 0 Å². The smallest absolute Gasteiger partial charge is 0.257 e. The Bertz CT molecular complexity index is 1070. The highest BCUT2D eigenvalue weighted by atomic mass is 35.5. The number of amides is 2. The molecule has 0 atom stereocenters. The number of rotatable bonds is 6. The van der Waals surface area contributed by atoms with Crippen LogP contribution in [0.5, 0.6) is 11.5 Å². The first-order valence-electron chi connectivity index (χ1n) is 8.14. The molecule has 0 aliphatic rings. The first-order valence-corrected chi connectivity index (χ1v) is 9.33. The van der Waals surface area contributed by atoms with E-state index < -0.39 is 5.91 Å². The lowest BCUT2D eigenvalue weighted by atomic mass is 10.2. The highest BCUT2D eigenvalue weighted by Gasteiger charge is 2.12. The normalized spacial score (nSPS) is 10.8. The van der Waals surface area contributed by atoms with Crippen LogP contribution in [0.4, 0.5) is 5.13 Å². The van der Waals surface area contributed by atoms with Gasteiger partial charge < -0.3 is 10.2 Å². The van der Waals surface area contributed by atoms with E-state index >= 15 is 0 Å². The molecule has 4 N–H and O–H groups in total. The summed E-state index contributed by atoms with van der Waals surface area (Å²) in [4.78, 5) is 24.1. The molecule has 3 rings (SSSR count). The molecule has 0 aliphatic carbocycles. The standard InChI is InChI=1S/C18H14ClN5O4S/c19-12-4-1-10(2-5-12)17(28)21-18-24-23-16(29-18)8-15(27)22-20-9-11-3-6-13(25)7-14(11)26/h1-7,9,25-26H,8H2,(H,22,27)(H,21,24,28)/b20-9+. The van der Waals surface area contributed by atoms with E-state index in [-0.39, 0.29) is 29.0 Å². The molecule has 0 unspecified atom stereocenters. The van der Waals surface area contributed by atoms with Gasteiger partial charge in [0.05, 0.1) is 12.6 Å². The Morgan fingerprint density at radius 2 is 1.90 bits per heavy atom. The van der Waals surface area contributed by atoms with E-state index in [9.17, 15) is 19.8 Å². The van der Waals surface area contributed by atoms with Crippen LogP contribution in [0.25, 0.3) is 0 Å². The number of carbonyl (C=O) groups excluding carboxylic acids is 2. The summed E-state index contributed by atoms with van der Waals surface area (Å²) in [6.07, 6.45) is 1.15. The van der Waals surface area contributed by atoms with Crippen molar-refractivity contribution in [2.75, 3.05) is 5.32 Å². The van der Waals surface area contributed by atoms with Crippen molar-refractivity contribution in [3.05, 3.63) is 63.6 Å². The van der Waals surface area contributed by atoms with Crippen LogP contribution in [0.2, 0.25) is 5.02 Å². The van der Waals surface area contributed by atoms with Gasteiger partial charge in [-0.2, -0.15) is 5.10 Å². The van der Waals surface area contributed by atoms with E-state index in [4.69, 9.17) is 11.6 Å². The van der Waals surface area contributed by atoms with E-state index in [1.54, 1.807) is 24.3 Å². The van der Waals surface area contributed by atoms with Crippen molar-refractivity contribution < 1.29 is 19.8 Å². The number of aromatic hydroxyl groups is 2. The average molecular weight is 432 g/mol. The van der Waals surface area contributed by atoms with Crippen molar-refractivity contribution in [2.45, 2.75) is 6.42 Å². The third kappa shape index (κ3) is 5.74. The molecule has 11 heteroatoms. The van der Waals surface area contributed by atoms with Crippen molar-refractivity contribution in [3.8, 4) is 11.5 Å². The molecule has 0 radical (unpaired) electrons. The molecule has 29 heavy (non-hydrogen) atoms. The highest BCUT2D eigenvalue weighted by molar-refractivity contribution is 7.15. The second-order valence-electron chi connectivity index (χ2n) is 5.68. The first kappa shape index (κ1) is 20.2. The van der Waals surface area contributed by atoms with Crippen molar-refractivity contribution in [3.63, 3.8) is 0 Å². The molecule has 0 saturated carbocycles. The fourth-order valence-corrected chi connectivity index (χ4v) is 3.00. The number of halogens is 1. The number of hydrogen-bond donors (Lipinski definition) is 4. The van der Waals surface area contributed by atoms with Gasteiger partial charge in [0.1, 0.15) is 16.5 Å². The number of anilines is 1. The van der Waals surface area contributed by atoms with Gasteiger partial charge in [-0.05, 0) is 36.4 Å². The number of hydrogen-bond acceptors (Lipinski definition) is 8. The summed E-state index contributed by atoms with van der Waals surface area (Å²) in [7, 11) is 0. The average Bonchev–Trinajstić information content (AvgIpc) is 3.10. The van der Waals surface area contributed by atoms with Crippen LogP contribution in [-0.4, -0.2) is 38.4 Å². The fourth-order valence-electron chi connectivity index (χ4n) is 2.14. The van der Waals surface area contributed by atoms with Gasteiger partial charge in [0.25, 0.3) is 5.91 Å². The topological polar surface area (TPSA) is 137 Å². The predicted molar refractivity (Wildman–Crippen MR) is 109 cm³/mol. The van der Waals surface area contributed by atoms with Gasteiger partial charge in [-0.1, -0.05) is 22.9 Å². The third-order valence-electron chi connectivity index (χ3n) is 3.51. The zero-order chi connectivity index (χ0) is 20.8. The lowest BCUT2D eigenvalue weighted by molar-refractivity contribution is -0.120. The minimum Gasteiger partial charge on any atom is -0.508 e. The molecule has 3 aromatic rings. The van der Waals surface area contributed by atoms with E-state index in [0.717, 1.165) is 17.4 Å². The minimum absolute atomic E-state index is 0.0843. The van der Waals surface area contributed by atoms with Gasteiger partial charge in [0.15, 0.2) is 0 Å². The number of phenols is 2. The molecule has 0 fully saturated rings. The molecule has 0 bridgehead atoms. The number of aromatic nitrogens is 2. The maximum atomic E-state index is 12.1. The molecule has 9 nitrogen and oxygen atoms in total. The van der Waals surface area contributed by atoms with Gasteiger partial charge in [0.2, 0.25) is 11.0 Å². The Morgan fingerprint density at radius 3 is 2.62 bits per heavy atom. The minimum atomic E-state index is -0.453. The molecular weight excluding hydrogens is 418 g/mol. The van der Waals surface area contributed by atoms with Crippen molar-refractivity contribution in [1.29, 1.82) is 0 Å². The Morgan fingerprint density at radius 1 is 1.14 bits per heavy atom. The van der Waals surface area contributed by atoms with Crippen LogP contribution in [0.1, 0.15) is 20.9 Å². The Balaban J connectivity index is 1.52. The van der Waals surface area contributed by atoms with Gasteiger partial charge in [0, 0.05) is 22.2 Å². The van der Waals surface area contributed by atoms with Gasteiger partial charge in [-0.25, -0.2) is 5.43 Å². The summed E-state index contributed by atoms with van der Waals surface area (Å²) in [6, 6.07) is 10.3. The monoisotopic (exact) mass is 431 g/mol. The molecule has 1 heterocycles. The number of phenolic OH excluding ortho intramolecular Hbond substituents is 2. The highest BCUT2D eigenvalue weighted by Crippen LogP contribution is 2.21. The van der Waals surface area contributed by atoms with Crippen molar-refractivity contribution >= 4 is 46.1 Å². The maximum absolute atomic E-state index is 12.1. The Hall–Kier alpha value is -3.50. The summed E-state index contributed by atoms with van der Waals surface area (Å²) < 4.78 is 0. The van der Waals surface area contributed by atoms with Crippen molar-refractivity contribution in [2.24, 2.45) is 5.10 Å². The zero-order valence-corrected chi connectivity index (χ0v) is 16.2. The summed E-state index contributed by atoms with van der Waals surface area (Å²) >= 11 is 6.85. The Kier molecular flexibility index (Phi) is 6.37. The predicted octanol–water partition coefficient (Wildman–Crippen LogP) is 2.55. The molecule has 0 spiro atoms. The van der Waals surface area contributed by atoms with Gasteiger partial charge >= 0.3 is 0 Å². The van der Waals surface area contributed by atoms with Crippen LogP contribution in [0, 0.1) is 0 Å². The number of nitrogens with one attached hydrogen (secondary N) is 2. The lowest BCUT2D eigenvalue weighted by Gasteiger charge is -2.00. The number of carbonyl (C=O) groups is 2. The lowest BCUT2D eigenvalue weighted by Crippen LogP contribution is -2.19. The number of benzene rings is 2. The second kappa shape index (κ2) is 9.13. The SMILES string of the molecule is O=C(Cc1nnc(NC(=O)c2ccc(Cl)cc2)s1)N/N=C/c1ccc(O)cc1O. The number of hydrazone groups is 1. The van der Waals surface area contributed by atoms with Crippen LogP contribution in [0.15, 0.2) is 47.6 Å². The summed E-state index contributed by atoms with van der Waals surface area (Å²) in [5, 5.41) is 34.1. The molecule has 2 aromatic carbocycles. The first-order chi connectivity index (χ1) is 13.9. The van der Waals surface area contributed by atoms with Gasteiger partial charge in [-0.15, -0.1) is 10.2 Å². The van der Waals surface area contributed by atoms with E-state index in [1.165, 1.54) is 18.3 Å². The fraction of sp³-hybridized carbons (Fsp3) is 0.0556. The van der Waals surface area contributed by atoms with E-state index in [1.807, 2.05) is 0 Å². The van der Waals surface area contributed by atoms with Crippen LogP contribution >= 0.6 is 22.9 Å². The molecular formula is C18H14ClN5O4S. The summed E-state index contributed by atoms with van der Waals surface area (Å²) in [5.41, 5.74) is 3.04. The van der Waals surface area contributed by atoms with Crippen LogP contribution < -0.4 is 10.7 Å². The zero-order valence-electron chi connectivity index (χ0n) is 14.7. The largest absolute Gasteiger partial charge is 0.508 e. The molecule has 0 aliphatic heterocycles. The second-order valence-corrected chi connectivity index (χ2v) is 7.17. The quantitative estimate of drug-likeness (QED) is 0.349. The molecule has 148 valence electrons. The third-order valence-corrected chi connectivity index (χ3v) is 4.60. The maximum Gasteiger partial charge on any atom is 0.257 e. The summed E-state index contributed by atoms with van der Waals surface area (Å²) in [6.45, 7) is 0. The Labute approximate surface area is 173 Å². The summed E-state index contributed by atoms with van der Waals surface area (Å²) in [5.74, 6) is -1.08. The molecule has 2 amide bonds. The van der Waals surface area contributed by atoms with E-state index in [2.05, 4.69) is 26.0 Å². The van der Waals surface area contributed by atoms with Crippen LogP contribution in [-0.2, 0) is 11.2 Å². The van der Waals surface area contributed by atoms with Crippen molar-refractivity contribution in [1.82, 2.24) is 15.6 Å². The number of nitrogens with zero attached hydrogens (tertiary/aromatic N) is 3. The van der Waals surface area contributed by atoms with Gasteiger partial charge in [-0.3, -0.25) is 14.9 Å².